The Balaban J connectivity index is 1.58. The average Bonchev–Trinajstić information content (AvgIpc) is 3.43. The van der Waals surface area contributed by atoms with Crippen LogP contribution in [0.1, 0.15) is 32.4 Å². The second kappa shape index (κ2) is 7.28. The molecule has 0 aliphatic rings. The highest BCUT2D eigenvalue weighted by atomic mass is 16.4. The van der Waals surface area contributed by atoms with Gasteiger partial charge in [0.15, 0.2) is 5.76 Å². The first-order valence-electron chi connectivity index (χ1n) is 8.38. The smallest absolute Gasteiger partial charge is 0.371 e. The van der Waals surface area contributed by atoms with Crippen molar-refractivity contribution in [3.63, 3.8) is 0 Å². The van der Waals surface area contributed by atoms with Gasteiger partial charge in [-0.1, -0.05) is 18.2 Å². The lowest BCUT2D eigenvalue weighted by molar-refractivity contribution is 0.0660. The average molecular weight is 377 g/mol. The number of aromatic carboxylic acids is 1. The Kier molecular flexibility index (Phi) is 4.51. The molecule has 8 nitrogen and oxygen atoms in total. The number of hydrazone groups is 1. The number of carboxylic acid groups (broad SMARTS) is 1. The van der Waals surface area contributed by atoms with Gasteiger partial charge in [-0.25, -0.2) is 10.2 Å². The molecule has 0 saturated carbocycles. The SMILES string of the molecule is O=C(O)c1ccc(Cn2cc(C=NNC(=O)c3ccco3)c3ccccc32)o1. The Morgan fingerprint density at radius 2 is 1.96 bits per heavy atom. The molecule has 0 radical (unpaired) electrons. The molecule has 0 fully saturated rings. The summed E-state index contributed by atoms with van der Waals surface area (Å²) in [6.45, 7) is 0.361. The molecular formula is C20H15N3O5. The summed E-state index contributed by atoms with van der Waals surface area (Å²) in [4.78, 5) is 22.9. The van der Waals surface area contributed by atoms with Gasteiger partial charge in [0.05, 0.1) is 19.0 Å². The van der Waals surface area contributed by atoms with E-state index in [2.05, 4.69) is 10.5 Å². The van der Waals surface area contributed by atoms with Gasteiger partial charge < -0.3 is 18.5 Å². The minimum absolute atomic E-state index is 0.103. The summed E-state index contributed by atoms with van der Waals surface area (Å²) in [5.41, 5.74) is 4.13. The number of rotatable bonds is 6. The molecule has 1 aromatic carbocycles. The summed E-state index contributed by atoms with van der Waals surface area (Å²) >= 11 is 0. The van der Waals surface area contributed by atoms with Crippen LogP contribution in [0.2, 0.25) is 0 Å². The van der Waals surface area contributed by atoms with Gasteiger partial charge in [-0.3, -0.25) is 4.79 Å². The molecule has 0 atom stereocenters. The fourth-order valence-electron chi connectivity index (χ4n) is 2.88. The predicted octanol–water partition coefficient (Wildman–Crippen LogP) is 3.34. The molecule has 1 amide bonds. The fraction of sp³-hybridized carbons (Fsp3) is 0.0500. The van der Waals surface area contributed by atoms with E-state index in [1.54, 1.807) is 24.4 Å². The molecule has 8 heteroatoms. The maximum atomic E-state index is 11.9. The van der Waals surface area contributed by atoms with Gasteiger partial charge >= 0.3 is 11.9 Å². The highest BCUT2D eigenvalue weighted by Crippen LogP contribution is 2.22. The summed E-state index contributed by atoms with van der Waals surface area (Å²) in [5, 5.41) is 13.9. The summed E-state index contributed by atoms with van der Waals surface area (Å²) in [5.74, 6) is -0.959. The number of amides is 1. The third-order valence-electron chi connectivity index (χ3n) is 4.13. The van der Waals surface area contributed by atoms with Crippen LogP contribution in [-0.4, -0.2) is 27.8 Å². The normalized spacial score (nSPS) is 11.3. The molecule has 3 aromatic heterocycles. The molecule has 0 saturated heterocycles. The van der Waals surface area contributed by atoms with Crippen molar-refractivity contribution < 1.29 is 23.5 Å². The number of aromatic nitrogens is 1. The zero-order valence-corrected chi connectivity index (χ0v) is 14.5. The maximum Gasteiger partial charge on any atom is 0.371 e. The fourth-order valence-corrected chi connectivity index (χ4v) is 2.88. The van der Waals surface area contributed by atoms with Crippen LogP contribution >= 0.6 is 0 Å². The number of carboxylic acids is 1. The topological polar surface area (TPSA) is 110 Å². The minimum atomic E-state index is -1.11. The van der Waals surface area contributed by atoms with Gasteiger partial charge in [0, 0.05) is 22.7 Å². The number of nitrogens with zero attached hydrogens (tertiary/aromatic N) is 2. The highest BCUT2D eigenvalue weighted by molar-refractivity contribution is 6.00. The molecule has 0 aliphatic heterocycles. The predicted molar refractivity (Wildman–Crippen MR) is 100 cm³/mol. The number of fused-ring (bicyclic) bond motifs is 1. The van der Waals surface area contributed by atoms with Crippen LogP contribution < -0.4 is 5.43 Å². The largest absolute Gasteiger partial charge is 0.475 e. The summed E-state index contributed by atoms with van der Waals surface area (Å²) in [6, 6.07) is 13.9. The second-order valence-electron chi connectivity index (χ2n) is 5.98. The van der Waals surface area contributed by atoms with Crippen LogP contribution in [0.3, 0.4) is 0 Å². The van der Waals surface area contributed by atoms with E-state index in [1.807, 2.05) is 35.0 Å². The molecule has 0 aliphatic carbocycles. The van der Waals surface area contributed by atoms with Gasteiger partial charge in [-0.05, 0) is 30.3 Å². The lowest BCUT2D eigenvalue weighted by atomic mass is 10.2. The number of furan rings is 2. The van der Waals surface area contributed by atoms with E-state index in [-0.39, 0.29) is 11.5 Å². The maximum absolute atomic E-state index is 11.9. The number of para-hydroxylation sites is 1. The second-order valence-corrected chi connectivity index (χ2v) is 5.98. The van der Waals surface area contributed by atoms with E-state index in [1.165, 1.54) is 12.3 Å². The zero-order valence-electron chi connectivity index (χ0n) is 14.5. The van der Waals surface area contributed by atoms with Crippen LogP contribution in [0.4, 0.5) is 0 Å². The van der Waals surface area contributed by atoms with E-state index in [0.717, 1.165) is 16.5 Å². The standard InChI is InChI=1S/C20H15N3O5/c24-19(17-6-3-9-27-17)22-21-10-13-11-23(16-5-2-1-4-15(13)16)12-14-7-8-18(28-14)20(25)26/h1-11H,12H2,(H,22,24)(H,25,26). The van der Waals surface area contributed by atoms with Crippen LogP contribution in [-0.2, 0) is 6.54 Å². The summed E-state index contributed by atoms with van der Waals surface area (Å²) < 4.78 is 12.3. The van der Waals surface area contributed by atoms with Crippen molar-refractivity contribution in [1.82, 2.24) is 9.99 Å². The van der Waals surface area contributed by atoms with Crippen molar-refractivity contribution in [2.75, 3.05) is 0 Å². The molecule has 28 heavy (non-hydrogen) atoms. The first-order valence-corrected chi connectivity index (χ1v) is 8.38. The van der Waals surface area contributed by atoms with Crippen LogP contribution in [0.5, 0.6) is 0 Å². The Morgan fingerprint density at radius 1 is 1.11 bits per heavy atom. The summed E-state index contributed by atoms with van der Waals surface area (Å²) in [6.07, 6.45) is 4.82. The molecule has 0 unspecified atom stereocenters. The van der Waals surface area contributed by atoms with Gasteiger partial charge in [-0.15, -0.1) is 0 Å². The van der Waals surface area contributed by atoms with Crippen LogP contribution in [0.25, 0.3) is 10.9 Å². The highest BCUT2D eigenvalue weighted by Gasteiger charge is 2.12. The molecule has 0 spiro atoms. The van der Waals surface area contributed by atoms with E-state index in [4.69, 9.17) is 13.9 Å². The van der Waals surface area contributed by atoms with Gasteiger partial charge in [0.25, 0.3) is 0 Å². The number of carbonyl (C=O) groups excluding carboxylic acids is 1. The molecule has 4 rings (SSSR count). The molecule has 0 bridgehead atoms. The quantitative estimate of drug-likeness (QED) is 0.396. The first kappa shape index (κ1) is 17.3. The molecule has 4 aromatic rings. The van der Waals surface area contributed by atoms with Crippen molar-refractivity contribution in [3.8, 4) is 0 Å². The van der Waals surface area contributed by atoms with Crippen molar-refractivity contribution in [2.45, 2.75) is 6.54 Å². The van der Waals surface area contributed by atoms with Gasteiger partial charge in [0.1, 0.15) is 5.76 Å². The van der Waals surface area contributed by atoms with E-state index in [0.29, 0.717) is 12.3 Å². The Morgan fingerprint density at radius 3 is 2.71 bits per heavy atom. The monoisotopic (exact) mass is 377 g/mol. The zero-order chi connectivity index (χ0) is 19.5. The number of hydrogen-bond donors (Lipinski definition) is 2. The summed E-state index contributed by atoms with van der Waals surface area (Å²) in [7, 11) is 0. The number of carbonyl (C=O) groups is 2. The lowest BCUT2D eigenvalue weighted by Gasteiger charge is -2.02. The third-order valence-corrected chi connectivity index (χ3v) is 4.13. The molecule has 3 heterocycles. The minimum Gasteiger partial charge on any atom is -0.475 e. The third kappa shape index (κ3) is 3.43. The van der Waals surface area contributed by atoms with Crippen molar-refractivity contribution in [2.24, 2.45) is 5.10 Å². The van der Waals surface area contributed by atoms with Gasteiger partial charge in [0.2, 0.25) is 5.76 Å². The molecule has 2 N–H and O–H groups in total. The number of hydrogen-bond acceptors (Lipinski definition) is 5. The van der Waals surface area contributed by atoms with Crippen molar-refractivity contribution in [1.29, 1.82) is 0 Å². The van der Waals surface area contributed by atoms with Crippen molar-refractivity contribution >= 4 is 29.0 Å². The van der Waals surface area contributed by atoms with E-state index < -0.39 is 11.9 Å². The molecular weight excluding hydrogens is 362 g/mol. The molecule has 140 valence electrons. The van der Waals surface area contributed by atoms with E-state index in [9.17, 15) is 9.59 Å². The Bertz CT molecular complexity index is 1170. The Hall–Kier alpha value is -4.07. The first-order chi connectivity index (χ1) is 13.6. The van der Waals surface area contributed by atoms with Crippen LogP contribution in [0.15, 0.2) is 74.9 Å². The number of nitrogens with one attached hydrogen (secondary N) is 1. The Labute approximate surface area is 158 Å². The van der Waals surface area contributed by atoms with Gasteiger partial charge in [-0.2, -0.15) is 5.10 Å². The van der Waals surface area contributed by atoms with E-state index >= 15 is 0 Å². The van der Waals surface area contributed by atoms with Crippen LogP contribution in [0, 0.1) is 0 Å². The van der Waals surface area contributed by atoms with Crippen molar-refractivity contribution in [3.05, 3.63) is 83.8 Å². The lowest BCUT2D eigenvalue weighted by Crippen LogP contribution is -2.16. The number of benzene rings is 1.